The lowest BCUT2D eigenvalue weighted by molar-refractivity contribution is -0.182. The van der Waals surface area contributed by atoms with Crippen LogP contribution in [0.4, 0.5) is 0 Å². The molecule has 0 N–H and O–H groups in total. The van der Waals surface area contributed by atoms with Crippen molar-refractivity contribution >= 4 is 29.5 Å². The number of allylic oxidation sites excluding steroid dienone is 4. The van der Waals surface area contributed by atoms with Crippen LogP contribution in [0.3, 0.4) is 0 Å². The van der Waals surface area contributed by atoms with Gasteiger partial charge in [-0.15, -0.1) is 0 Å². The molecule has 8 heteroatoms. The summed E-state index contributed by atoms with van der Waals surface area (Å²) in [4.78, 5) is 63.9. The van der Waals surface area contributed by atoms with E-state index < -0.39 is 35.0 Å². The highest BCUT2D eigenvalue weighted by molar-refractivity contribution is 6.21. The number of hydrogen-bond donors (Lipinski definition) is 0. The van der Waals surface area contributed by atoms with E-state index in [0.29, 0.717) is 25.7 Å². The topological polar surface area (TPSA) is 113 Å². The van der Waals surface area contributed by atoms with Gasteiger partial charge in [-0.2, -0.15) is 0 Å². The van der Waals surface area contributed by atoms with Crippen molar-refractivity contribution < 1.29 is 38.2 Å². The van der Waals surface area contributed by atoms with Crippen LogP contribution >= 0.6 is 0 Å². The van der Waals surface area contributed by atoms with Gasteiger partial charge in [0, 0.05) is 31.1 Å². The summed E-state index contributed by atoms with van der Waals surface area (Å²) in [7, 11) is 3.63. The molecular weight excluding hydrogens is 464 g/mol. The summed E-state index contributed by atoms with van der Waals surface area (Å²) in [5, 5.41) is 0. The molecule has 4 atom stereocenters. The maximum absolute atomic E-state index is 13.4. The number of ether oxygens (including phenoxy) is 3. The van der Waals surface area contributed by atoms with Gasteiger partial charge in [0.05, 0.1) is 21.3 Å². The van der Waals surface area contributed by atoms with Crippen LogP contribution in [0, 0.1) is 29.1 Å². The fourth-order valence-electron chi connectivity index (χ4n) is 5.79. The summed E-state index contributed by atoms with van der Waals surface area (Å²) in [6.07, 6.45) is 14.0. The van der Waals surface area contributed by atoms with Crippen LogP contribution in [-0.2, 0) is 38.2 Å². The standard InChI is InChI=1S/C28H40O8/c1-5-6-7-8-11-14-19-17-23(30)28(26(32)35-3,27(33)36-4)21-18-22(29)20(25(19)21)15-12-9-10-13-16-24(31)34-2/h9,11-12,14,19-21,25H,5-8,10,13,15-18H2,1-4H3/b12-9+,14-11-/t19-,20+,21-,25?/m1/s1. The van der Waals surface area contributed by atoms with Crippen molar-refractivity contribution in [1.82, 2.24) is 0 Å². The molecule has 200 valence electrons. The first-order valence-corrected chi connectivity index (χ1v) is 12.9. The van der Waals surface area contributed by atoms with E-state index >= 15 is 0 Å². The molecule has 0 aromatic rings. The summed E-state index contributed by atoms with van der Waals surface area (Å²) < 4.78 is 14.5. The first kappa shape index (κ1) is 29.5. The molecule has 0 bridgehead atoms. The Morgan fingerprint density at radius 1 is 0.889 bits per heavy atom. The first-order valence-electron chi connectivity index (χ1n) is 12.9. The van der Waals surface area contributed by atoms with Crippen LogP contribution < -0.4 is 0 Å². The lowest BCUT2D eigenvalue weighted by Gasteiger charge is -2.43. The molecule has 0 aromatic heterocycles. The van der Waals surface area contributed by atoms with Crippen molar-refractivity contribution in [3.63, 3.8) is 0 Å². The average molecular weight is 505 g/mol. The number of methoxy groups -OCH3 is 3. The van der Waals surface area contributed by atoms with E-state index in [-0.39, 0.29) is 36.4 Å². The fourth-order valence-corrected chi connectivity index (χ4v) is 5.79. The average Bonchev–Trinajstić information content (AvgIpc) is 3.21. The van der Waals surface area contributed by atoms with E-state index in [1.165, 1.54) is 7.11 Å². The van der Waals surface area contributed by atoms with Crippen LogP contribution in [0.15, 0.2) is 24.3 Å². The van der Waals surface area contributed by atoms with Gasteiger partial charge in [-0.3, -0.25) is 24.0 Å². The number of carbonyl (C=O) groups is 5. The van der Waals surface area contributed by atoms with E-state index in [9.17, 15) is 24.0 Å². The number of ketones is 2. The predicted molar refractivity (Wildman–Crippen MR) is 133 cm³/mol. The zero-order chi connectivity index (χ0) is 26.7. The Balaban J connectivity index is 2.33. The lowest BCUT2D eigenvalue weighted by atomic mass is 9.56. The van der Waals surface area contributed by atoms with Crippen molar-refractivity contribution in [3.8, 4) is 0 Å². The molecular formula is C28H40O8. The molecule has 0 amide bonds. The molecule has 2 fully saturated rings. The fraction of sp³-hybridized carbons (Fsp3) is 0.679. The summed E-state index contributed by atoms with van der Waals surface area (Å²) in [5.74, 6) is -4.64. The van der Waals surface area contributed by atoms with Crippen LogP contribution in [-0.4, -0.2) is 50.8 Å². The highest BCUT2D eigenvalue weighted by Crippen LogP contribution is 2.56. The molecule has 0 aromatic carbocycles. The second-order valence-corrected chi connectivity index (χ2v) is 9.64. The van der Waals surface area contributed by atoms with Crippen molar-refractivity contribution in [2.45, 2.75) is 71.1 Å². The van der Waals surface area contributed by atoms with Crippen molar-refractivity contribution in [2.75, 3.05) is 21.3 Å². The number of carbonyl (C=O) groups excluding carboxylic acids is 5. The largest absolute Gasteiger partial charge is 0.469 e. The van der Waals surface area contributed by atoms with Crippen molar-refractivity contribution in [3.05, 3.63) is 24.3 Å². The molecule has 2 saturated carbocycles. The maximum atomic E-state index is 13.4. The molecule has 0 spiro atoms. The van der Waals surface area contributed by atoms with Gasteiger partial charge in [0.15, 0.2) is 5.78 Å². The SMILES string of the molecule is CCCCC/C=C\[C@@H]1CC(=O)C(C(=O)OC)(C(=O)OC)[C@@H]2CC(=O)[C@H](C/C=C/CCCC(=O)OC)C12. The Bertz CT molecular complexity index is 855. The van der Waals surface area contributed by atoms with E-state index in [1.807, 2.05) is 18.2 Å². The minimum absolute atomic E-state index is 0.0255. The van der Waals surface area contributed by atoms with Gasteiger partial charge in [-0.25, -0.2) is 0 Å². The molecule has 2 aliphatic rings. The Morgan fingerprint density at radius 2 is 1.56 bits per heavy atom. The molecule has 36 heavy (non-hydrogen) atoms. The smallest absolute Gasteiger partial charge is 0.331 e. The monoisotopic (exact) mass is 504 g/mol. The van der Waals surface area contributed by atoms with Crippen LogP contribution in [0.1, 0.15) is 71.1 Å². The van der Waals surface area contributed by atoms with E-state index in [2.05, 4.69) is 17.7 Å². The van der Waals surface area contributed by atoms with Crippen LogP contribution in [0.2, 0.25) is 0 Å². The normalized spacial score (nSPS) is 25.2. The Kier molecular flexibility index (Phi) is 11.5. The van der Waals surface area contributed by atoms with Gasteiger partial charge in [0.2, 0.25) is 5.41 Å². The minimum Gasteiger partial charge on any atom is -0.469 e. The third-order valence-corrected chi connectivity index (χ3v) is 7.58. The van der Waals surface area contributed by atoms with Gasteiger partial charge in [0.25, 0.3) is 0 Å². The number of Topliss-reactive ketones (excluding diaryl/α,β-unsaturated/α-hetero) is 2. The van der Waals surface area contributed by atoms with Gasteiger partial charge in [0.1, 0.15) is 5.78 Å². The molecule has 1 unspecified atom stereocenters. The summed E-state index contributed by atoms with van der Waals surface area (Å²) >= 11 is 0. The number of rotatable bonds is 13. The Labute approximate surface area is 213 Å². The molecule has 2 aliphatic carbocycles. The van der Waals surface area contributed by atoms with Crippen LogP contribution in [0.5, 0.6) is 0 Å². The van der Waals surface area contributed by atoms with Crippen LogP contribution in [0.25, 0.3) is 0 Å². The predicted octanol–water partition coefficient (Wildman–Crippen LogP) is 4.16. The molecule has 2 rings (SSSR count). The molecule has 0 aliphatic heterocycles. The van der Waals surface area contributed by atoms with Crippen molar-refractivity contribution in [1.29, 1.82) is 0 Å². The summed E-state index contributed by atoms with van der Waals surface area (Å²) in [6, 6.07) is 0. The maximum Gasteiger partial charge on any atom is 0.331 e. The number of unbranched alkanes of at least 4 members (excludes halogenated alkanes) is 4. The first-order chi connectivity index (χ1) is 17.3. The number of fused-ring (bicyclic) bond motifs is 1. The van der Waals surface area contributed by atoms with Gasteiger partial charge < -0.3 is 14.2 Å². The van der Waals surface area contributed by atoms with E-state index in [4.69, 9.17) is 9.47 Å². The summed E-state index contributed by atoms with van der Waals surface area (Å²) in [6.45, 7) is 2.13. The quantitative estimate of drug-likeness (QED) is 0.121. The minimum atomic E-state index is -2.12. The van der Waals surface area contributed by atoms with Gasteiger partial charge in [-0.1, -0.05) is 44.1 Å². The van der Waals surface area contributed by atoms with E-state index in [1.54, 1.807) is 0 Å². The Morgan fingerprint density at radius 3 is 2.17 bits per heavy atom. The van der Waals surface area contributed by atoms with Crippen molar-refractivity contribution in [2.24, 2.45) is 29.1 Å². The highest BCUT2D eigenvalue weighted by atomic mass is 16.5. The summed E-state index contributed by atoms with van der Waals surface area (Å²) in [5.41, 5.74) is -2.12. The third kappa shape index (κ3) is 6.31. The van der Waals surface area contributed by atoms with Gasteiger partial charge >= 0.3 is 17.9 Å². The lowest BCUT2D eigenvalue weighted by Crippen LogP contribution is -2.58. The van der Waals surface area contributed by atoms with E-state index in [0.717, 1.165) is 39.9 Å². The third-order valence-electron chi connectivity index (χ3n) is 7.58. The Hall–Kier alpha value is -2.77. The zero-order valence-corrected chi connectivity index (χ0v) is 22.0. The molecule has 8 nitrogen and oxygen atoms in total. The zero-order valence-electron chi connectivity index (χ0n) is 22.0. The molecule has 0 saturated heterocycles. The number of hydrogen-bond acceptors (Lipinski definition) is 8. The second-order valence-electron chi connectivity index (χ2n) is 9.64. The molecule has 0 radical (unpaired) electrons. The highest BCUT2D eigenvalue weighted by Gasteiger charge is 2.69. The second kappa shape index (κ2) is 14.1. The molecule has 0 heterocycles. The number of esters is 3. The van der Waals surface area contributed by atoms with Gasteiger partial charge in [-0.05, 0) is 43.9 Å².